The summed E-state index contributed by atoms with van der Waals surface area (Å²) in [4.78, 5) is 21.0. The van der Waals surface area contributed by atoms with Crippen molar-refractivity contribution < 1.29 is 18.0 Å². The first-order valence-electron chi connectivity index (χ1n) is 9.17. The van der Waals surface area contributed by atoms with Crippen LogP contribution in [0, 0.1) is 6.92 Å². The monoisotopic (exact) mass is 407 g/mol. The van der Waals surface area contributed by atoms with Gasteiger partial charge < -0.3 is 0 Å². The van der Waals surface area contributed by atoms with E-state index in [0.717, 1.165) is 18.5 Å². The summed E-state index contributed by atoms with van der Waals surface area (Å²) in [5, 5.41) is 12.7. The first kappa shape index (κ1) is 19.3. The molecule has 0 aromatic carbocycles. The van der Waals surface area contributed by atoms with Crippen molar-refractivity contribution in [3.8, 4) is 0 Å². The number of H-pyrrole nitrogens is 1. The summed E-state index contributed by atoms with van der Waals surface area (Å²) in [5.41, 5.74) is 1.90. The van der Waals surface area contributed by atoms with Crippen LogP contribution < -0.4 is 5.32 Å². The van der Waals surface area contributed by atoms with E-state index < -0.39 is 23.9 Å². The number of carbonyl (C=O) groups is 1. The van der Waals surface area contributed by atoms with Gasteiger partial charge in [-0.15, -0.1) is 5.10 Å². The normalized spacial score (nSPS) is 15.1. The minimum absolute atomic E-state index is 0.273. The van der Waals surface area contributed by atoms with Gasteiger partial charge in [0.05, 0.1) is 22.2 Å². The van der Waals surface area contributed by atoms with Crippen LogP contribution in [0.25, 0.3) is 11.0 Å². The summed E-state index contributed by atoms with van der Waals surface area (Å²) < 4.78 is 39.9. The second-order valence-electron chi connectivity index (χ2n) is 8.20. The Hall–Kier alpha value is -2.98. The summed E-state index contributed by atoms with van der Waals surface area (Å²) in [6.07, 6.45) is -2.71. The maximum atomic E-state index is 12.9. The fraction of sp³-hybridized carbons (Fsp3) is 0.500. The van der Waals surface area contributed by atoms with Gasteiger partial charge >= 0.3 is 6.18 Å². The number of hydrogen-bond acceptors (Lipinski definition) is 5. The molecule has 1 aliphatic rings. The zero-order chi connectivity index (χ0) is 21.1. The van der Waals surface area contributed by atoms with Crippen LogP contribution in [0.3, 0.4) is 0 Å². The molecular formula is C18H20F3N7O. The standard InChI is InChI=1S/C18H20F3N7O/c1-8-12-10(14(29)23-16-24-15(25-26-16)18(19,20)21)7-11(9-5-6-9)22-13(12)28(27-8)17(2,3)4/h7,9H,5-6H2,1-4H3,(H2,23,24,25,26,29). The molecule has 4 rings (SSSR count). The predicted molar refractivity (Wildman–Crippen MR) is 98.6 cm³/mol. The van der Waals surface area contributed by atoms with Crippen molar-refractivity contribution in [3.63, 3.8) is 0 Å². The maximum absolute atomic E-state index is 12.9. The molecule has 154 valence electrons. The lowest BCUT2D eigenvalue weighted by atomic mass is 10.1. The lowest BCUT2D eigenvalue weighted by Gasteiger charge is -2.20. The van der Waals surface area contributed by atoms with Gasteiger partial charge in [0.15, 0.2) is 5.65 Å². The first-order valence-corrected chi connectivity index (χ1v) is 9.17. The quantitative estimate of drug-likeness (QED) is 0.688. The van der Waals surface area contributed by atoms with Crippen molar-refractivity contribution >= 4 is 22.9 Å². The van der Waals surface area contributed by atoms with E-state index in [1.807, 2.05) is 20.8 Å². The fourth-order valence-corrected chi connectivity index (χ4v) is 3.16. The molecule has 2 N–H and O–H groups in total. The van der Waals surface area contributed by atoms with Crippen LogP contribution in [0.2, 0.25) is 0 Å². The Bertz CT molecular complexity index is 1100. The molecule has 1 fully saturated rings. The first-order chi connectivity index (χ1) is 13.4. The lowest BCUT2D eigenvalue weighted by molar-refractivity contribution is -0.144. The summed E-state index contributed by atoms with van der Waals surface area (Å²) in [6, 6.07) is 1.69. The number of aromatic nitrogens is 6. The molecule has 3 aromatic heterocycles. The Morgan fingerprint density at radius 1 is 1.24 bits per heavy atom. The number of amides is 1. The molecule has 1 aliphatic carbocycles. The van der Waals surface area contributed by atoms with Crippen LogP contribution in [-0.2, 0) is 11.7 Å². The third-order valence-electron chi connectivity index (χ3n) is 4.69. The van der Waals surface area contributed by atoms with Gasteiger partial charge in [0.1, 0.15) is 0 Å². The largest absolute Gasteiger partial charge is 0.451 e. The number of aromatic amines is 1. The molecule has 8 nitrogen and oxygen atoms in total. The number of alkyl halides is 3. The maximum Gasteiger partial charge on any atom is 0.451 e. The molecule has 1 amide bonds. The van der Waals surface area contributed by atoms with Crippen LogP contribution in [0.1, 0.15) is 67.1 Å². The van der Waals surface area contributed by atoms with Gasteiger partial charge in [-0.05, 0) is 46.6 Å². The average Bonchev–Trinajstić information content (AvgIpc) is 3.25. The number of fused-ring (bicyclic) bond motifs is 1. The third kappa shape index (κ3) is 3.56. The van der Waals surface area contributed by atoms with Crippen LogP contribution >= 0.6 is 0 Å². The van der Waals surface area contributed by atoms with E-state index >= 15 is 0 Å². The molecule has 0 atom stereocenters. The Labute approximate surface area is 163 Å². The van der Waals surface area contributed by atoms with E-state index in [4.69, 9.17) is 4.98 Å². The minimum Gasteiger partial charge on any atom is -0.289 e. The molecule has 1 saturated carbocycles. The predicted octanol–water partition coefficient (Wildman–Crippen LogP) is 3.76. The van der Waals surface area contributed by atoms with Gasteiger partial charge in [-0.1, -0.05) is 0 Å². The van der Waals surface area contributed by atoms with E-state index in [1.165, 1.54) is 0 Å². The highest BCUT2D eigenvalue weighted by molar-refractivity contribution is 6.12. The van der Waals surface area contributed by atoms with Crippen molar-refractivity contribution in [1.29, 1.82) is 0 Å². The number of carbonyl (C=O) groups excluding carboxylic acids is 1. The van der Waals surface area contributed by atoms with Gasteiger partial charge in [-0.2, -0.15) is 23.3 Å². The highest BCUT2D eigenvalue weighted by atomic mass is 19.4. The summed E-state index contributed by atoms with van der Waals surface area (Å²) >= 11 is 0. The van der Waals surface area contributed by atoms with Gasteiger partial charge in [-0.25, -0.2) is 9.67 Å². The second kappa shape index (κ2) is 6.26. The van der Waals surface area contributed by atoms with Gasteiger partial charge in [0.2, 0.25) is 11.8 Å². The number of rotatable bonds is 3. The number of halogens is 3. The molecule has 0 unspecified atom stereocenters. The molecule has 0 aliphatic heterocycles. The summed E-state index contributed by atoms with van der Waals surface area (Å²) in [5.74, 6) is -2.05. The molecule has 3 heterocycles. The molecule has 0 spiro atoms. The number of pyridine rings is 1. The number of anilines is 1. The molecular weight excluding hydrogens is 387 g/mol. The Morgan fingerprint density at radius 2 is 1.93 bits per heavy atom. The Morgan fingerprint density at radius 3 is 2.48 bits per heavy atom. The molecule has 0 radical (unpaired) electrons. The molecule has 0 bridgehead atoms. The van der Waals surface area contributed by atoms with E-state index in [0.29, 0.717) is 22.3 Å². The second-order valence-corrected chi connectivity index (χ2v) is 8.20. The highest BCUT2D eigenvalue weighted by Gasteiger charge is 2.36. The molecule has 3 aromatic rings. The van der Waals surface area contributed by atoms with Crippen LogP contribution in [-0.4, -0.2) is 35.9 Å². The number of nitrogens with zero attached hydrogens (tertiary/aromatic N) is 5. The van der Waals surface area contributed by atoms with E-state index in [1.54, 1.807) is 22.8 Å². The lowest BCUT2D eigenvalue weighted by Crippen LogP contribution is -2.24. The van der Waals surface area contributed by atoms with E-state index in [-0.39, 0.29) is 11.5 Å². The number of nitrogens with one attached hydrogen (secondary N) is 2. The van der Waals surface area contributed by atoms with Crippen LogP contribution in [0.4, 0.5) is 19.1 Å². The smallest absolute Gasteiger partial charge is 0.289 e. The molecule has 11 heteroatoms. The Kier molecular flexibility index (Phi) is 4.18. The zero-order valence-electron chi connectivity index (χ0n) is 16.3. The molecule has 29 heavy (non-hydrogen) atoms. The van der Waals surface area contributed by atoms with Gasteiger partial charge in [-0.3, -0.25) is 15.2 Å². The minimum atomic E-state index is -4.68. The van der Waals surface area contributed by atoms with Crippen molar-refractivity contribution in [2.75, 3.05) is 5.32 Å². The Balaban J connectivity index is 1.79. The van der Waals surface area contributed by atoms with Gasteiger partial charge in [0.25, 0.3) is 5.91 Å². The molecule has 0 saturated heterocycles. The van der Waals surface area contributed by atoms with E-state index in [9.17, 15) is 18.0 Å². The van der Waals surface area contributed by atoms with Crippen molar-refractivity contribution in [2.24, 2.45) is 0 Å². The summed E-state index contributed by atoms with van der Waals surface area (Å²) in [6.45, 7) is 7.72. The number of aryl methyl sites for hydroxylation is 1. The van der Waals surface area contributed by atoms with E-state index in [2.05, 4.69) is 20.5 Å². The zero-order valence-corrected chi connectivity index (χ0v) is 16.3. The van der Waals surface area contributed by atoms with Crippen molar-refractivity contribution in [1.82, 2.24) is 29.9 Å². The van der Waals surface area contributed by atoms with Crippen LogP contribution in [0.15, 0.2) is 6.07 Å². The fourth-order valence-electron chi connectivity index (χ4n) is 3.16. The average molecular weight is 407 g/mol. The highest BCUT2D eigenvalue weighted by Crippen LogP contribution is 2.41. The van der Waals surface area contributed by atoms with Crippen molar-refractivity contribution in [2.45, 2.75) is 58.2 Å². The van der Waals surface area contributed by atoms with Crippen molar-refractivity contribution in [3.05, 3.63) is 28.8 Å². The summed E-state index contributed by atoms with van der Waals surface area (Å²) in [7, 11) is 0. The van der Waals surface area contributed by atoms with Gasteiger partial charge in [0, 0.05) is 11.6 Å². The SMILES string of the molecule is Cc1nn(C(C)(C)C)c2nc(C3CC3)cc(C(=O)Nc3n[nH]c(C(F)(F)F)n3)c12. The number of hydrogen-bond donors (Lipinski definition) is 2. The third-order valence-corrected chi connectivity index (χ3v) is 4.69. The van der Waals surface area contributed by atoms with Crippen LogP contribution in [0.5, 0.6) is 0 Å². The topological polar surface area (TPSA) is 101 Å².